The molecule has 3 heteroatoms. The quantitative estimate of drug-likeness (QED) is 0.860. The standard InChI is InChI=1S/C17H23NO2/c1-11-8-15(20-2)6-7-16(11)17(19)12-9-13-4-3-5-14(10-12)18-13/h6-8,12-14,18H,3-5,9-10H2,1-2H3. The molecule has 2 heterocycles. The van der Waals surface area contributed by atoms with Crippen LogP contribution in [0.15, 0.2) is 18.2 Å². The van der Waals surface area contributed by atoms with Gasteiger partial charge in [-0.25, -0.2) is 0 Å². The van der Waals surface area contributed by atoms with Crippen molar-refractivity contribution in [2.75, 3.05) is 7.11 Å². The highest BCUT2D eigenvalue weighted by Crippen LogP contribution is 2.32. The highest BCUT2D eigenvalue weighted by molar-refractivity contribution is 5.99. The van der Waals surface area contributed by atoms with Crippen molar-refractivity contribution in [3.05, 3.63) is 29.3 Å². The van der Waals surface area contributed by atoms with E-state index < -0.39 is 0 Å². The first kappa shape index (κ1) is 13.6. The largest absolute Gasteiger partial charge is 0.497 e. The van der Waals surface area contributed by atoms with Crippen molar-refractivity contribution in [3.8, 4) is 5.75 Å². The smallest absolute Gasteiger partial charge is 0.166 e. The van der Waals surface area contributed by atoms with Crippen molar-refractivity contribution in [1.82, 2.24) is 5.32 Å². The van der Waals surface area contributed by atoms with E-state index in [-0.39, 0.29) is 5.92 Å². The predicted octanol–water partition coefficient (Wildman–Crippen LogP) is 3.11. The molecule has 3 rings (SSSR count). The molecule has 0 saturated carbocycles. The van der Waals surface area contributed by atoms with Crippen LogP contribution < -0.4 is 10.1 Å². The molecule has 0 spiro atoms. The number of aryl methyl sites for hydroxylation is 1. The number of rotatable bonds is 3. The molecule has 1 N–H and O–H groups in total. The lowest BCUT2D eigenvalue weighted by Crippen LogP contribution is -2.50. The summed E-state index contributed by atoms with van der Waals surface area (Å²) in [7, 11) is 1.66. The number of piperidine rings is 2. The topological polar surface area (TPSA) is 38.3 Å². The number of carbonyl (C=O) groups is 1. The lowest BCUT2D eigenvalue weighted by molar-refractivity contribution is 0.0824. The molecule has 2 saturated heterocycles. The number of methoxy groups -OCH3 is 1. The maximum atomic E-state index is 12.8. The predicted molar refractivity (Wildman–Crippen MR) is 79.3 cm³/mol. The minimum atomic E-state index is 0.193. The Labute approximate surface area is 120 Å². The molecule has 2 aliphatic heterocycles. The van der Waals surface area contributed by atoms with Crippen LogP contribution in [0.5, 0.6) is 5.75 Å². The van der Waals surface area contributed by atoms with E-state index in [1.807, 2.05) is 25.1 Å². The van der Waals surface area contributed by atoms with E-state index in [2.05, 4.69) is 5.32 Å². The second kappa shape index (κ2) is 5.57. The van der Waals surface area contributed by atoms with Gasteiger partial charge in [0.15, 0.2) is 5.78 Å². The summed E-state index contributed by atoms with van der Waals surface area (Å²) in [6.45, 7) is 2.00. The SMILES string of the molecule is COc1ccc(C(=O)C2CC3CCCC(C2)N3)c(C)c1. The number of carbonyl (C=O) groups excluding carboxylic acids is 1. The molecule has 1 aromatic rings. The molecule has 0 aliphatic carbocycles. The number of nitrogens with one attached hydrogen (secondary N) is 1. The summed E-state index contributed by atoms with van der Waals surface area (Å²) in [5.41, 5.74) is 1.90. The summed E-state index contributed by atoms with van der Waals surface area (Å²) in [5.74, 6) is 1.34. The molecule has 2 unspecified atom stereocenters. The van der Waals surface area contributed by atoms with Gasteiger partial charge in [-0.15, -0.1) is 0 Å². The van der Waals surface area contributed by atoms with Crippen LogP contribution in [0.3, 0.4) is 0 Å². The van der Waals surface area contributed by atoms with Gasteiger partial charge in [0.1, 0.15) is 5.75 Å². The Hall–Kier alpha value is -1.35. The number of ether oxygens (including phenoxy) is 1. The maximum Gasteiger partial charge on any atom is 0.166 e. The van der Waals surface area contributed by atoms with E-state index in [0.29, 0.717) is 17.9 Å². The van der Waals surface area contributed by atoms with E-state index in [9.17, 15) is 4.79 Å². The second-order valence-corrected chi connectivity index (χ2v) is 6.20. The fourth-order valence-corrected chi connectivity index (χ4v) is 3.74. The van der Waals surface area contributed by atoms with Crippen LogP contribution in [-0.4, -0.2) is 25.0 Å². The van der Waals surface area contributed by atoms with Gasteiger partial charge in [0, 0.05) is 23.6 Å². The van der Waals surface area contributed by atoms with Crippen LogP contribution in [0.2, 0.25) is 0 Å². The lowest BCUT2D eigenvalue weighted by atomic mass is 9.77. The Kier molecular flexibility index (Phi) is 3.79. The van der Waals surface area contributed by atoms with Crippen LogP contribution in [0, 0.1) is 12.8 Å². The molecule has 3 nitrogen and oxygen atoms in total. The molecule has 0 aromatic heterocycles. The average molecular weight is 273 g/mol. The van der Waals surface area contributed by atoms with Crippen LogP contribution >= 0.6 is 0 Å². The summed E-state index contributed by atoms with van der Waals surface area (Å²) in [4.78, 5) is 12.8. The lowest BCUT2D eigenvalue weighted by Gasteiger charge is -2.39. The minimum absolute atomic E-state index is 0.193. The molecule has 108 valence electrons. The highest BCUT2D eigenvalue weighted by atomic mass is 16.5. The normalized spacial score (nSPS) is 29.0. The van der Waals surface area contributed by atoms with Crippen LogP contribution in [0.25, 0.3) is 0 Å². The second-order valence-electron chi connectivity index (χ2n) is 6.20. The van der Waals surface area contributed by atoms with Gasteiger partial charge >= 0.3 is 0 Å². The van der Waals surface area contributed by atoms with Crippen molar-refractivity contribution in [2.45, 2.75) is 51.1 Å². The molecule has 2 bridgehead atoms. The molecular weight excluding hydrogens is 250 g/mol. The Morgan fingerprint density at radius 3 is 2.55 bits per heavy atom. The van der Waals surface area contributed by atoms with Crippen molar-refractivity contribution >= 4 is 5.78 Å². The Bertz CT molecular complexity index is 500. The summed E-state index contributed by atoms with van der Waals surface area (Å²) < 4.78 is 5.21. The Morgan fingerprint density at radius 2 is 1.95 bits per heavy atom. The van der Waals surface area contributed by atoms with Gasteiger partial charge in [0.25, 0.3) is 0 Å². The third-order valence-electron chi connectivity index (χ3n) is 4.78. The van der Waals surface area contributed by atoms with Crippen LogP contribution in [0.4, 0.5) is 0 Å². The number of hydrogen-bond donors (Lipinski definition) is 1. The molecule has 2 fully saturated rings. The monoisotopic (exact) mass is 273 g/mol. The van der Waals surface area contributed by atoms with Gasteiger partial charge in [-0.2, -0.15) is 0 Å². The summed E-state index contributed by atoms with van der Waals surface area (Å²) in [6, 6.07) is 6.87. The van der Waals surface area contributed by atoms with Gasteiger partial charge in [0.05, 0.1) is 7.11 Å². The number of benzene rings is 1. The fourth-order valence-electron chi connectivity index (χ4n) is 3.74. The summed E-state index contributed by atoms with van der Waals surface area (Å²) in [6.07, 6.45) is 5.76. The van der Waals surface area contributed by atoms with Gasteiger partial charge in [0.2, 0.25) is 0 Å². The molecule has 0 radical (unpaired) electrons. The van der Waals surface area contributed by atoms with Crippen molar-refractivity contribution in [1.29, 1.82) is 0 Å². The van der Waals surface area contributed by atoms with Crippen molar-refractivity contribution in [3.63, 3.8) is 0 Å². The zero-order valence-electron chi connectivity index (χ0n) is 12.3. The summed E-state index contributed by atoms with van der Waals surface area (Å²) >= 11 is 0. The maximum absolute atomic E-state index is 12.8. The minimum Gasteiger partial charge on any atom is -0.497 e. The first-order valence-electron chi connectivity index (χ1n) is 7.62. The Morgan fingerprint density at radius 1 is 1.25 bits per heavy atom. The Balaban J connectivity index is 1.78. The van der Waals surface area contributed by atoms with Crippen molar-refractivity contribution < 1.29 is 9.53 Å². The average Bonchev–Trinajstić information content (AvgIpc) is 2.46. The van der Waals surface area contributed by atoms with Gasteiger partial charge in [-0.3, -0.25) is 4.79 Å². The first-order valence-corrected chi connectivity index (χ1v) is 7.62. The number of hydrogen-bond acceptors (Lipinski definition) is 3. The molecule has 2 atom stereocenters. The van der Waals surface area contributed by atoms with E-state index in [0.717, 1.165) is 29.7 Å². The van der Waals surface area contributed by atoms with Crippen LogP contribution in [0.1, 0.15) is 48.0 Å². The van der Waals surface area contributed by atoms with E-state index >= 15 is 0 Å². The zero-order valence-corrected chi connectivity index (χ0v) is 12.3. The third kappa shape index (κ3) is 2.59. The highest BCUT2D eigenvalue weighted by Gasteiger charge is 2.35. The zero-order chi connectivity index (χ0) is 14.1. The van der Waals surface area contributed by atoms with Gasteiger partial charge in [-0.05, 0) is 56.4 Å². The number of Topliss-reactive ketones (excluding diaryl/α,β-unsaturated/α-hetero) is 1. The van der Waals surface area contributed by atoms with Crippen LogP contribution in [-0.2, 0) is 0 Å². The fraction of sp³-hybridized carbons (Fsp3) is 0.588. The molecular formula is C17H23NO2. The van der Waals surface area contributed by atoms with E-state index in [4.69, 9.17) is 4.74 Å². The van der Waals surface area contributed by atoms with E-state index in [1.165, 1.54) is 19.3 Å². The van der Waals surface area contributed by atoms with Gasteiger partial charge in [-0.1, -0.05) is 6.42 Å². The first-order chi connectivity index (χ1) is 9.67. The molecule has 1 aromatic carbocycles. The number of fused-ring (bicyclic) bond motifs is 2. The van der Waals surface area contributed by atoms with E-state index in [1.54, 1.807) is 7.11 Å². The van der Waals surface area contributed by atoms with Crippen molar-refractivity contribution in [2.24, 2.45) is 5.92 Å². The molecule has 20 heavy (non-hydrogen) atoms. The molecule has 2 aliphatic rings. The molecule has 0 amide bonds. The van der Waals surface area contributed by atoms with Gasteiger partial charge < -0.3 is 10.1 Å². The third-order valence-corrected chi connectivity index (χ3v) is 4.78. The number of ketones is 1. The summed E-state index contributed by atoms with van der Waals surface area (Å²) in [5, 5.41) is 3.65.